The summed E-state index contributed by atoms with van der Waals surface area (Å²) in [6.45, 7) is 1.81. The van der Waals surface area contributed by atoms with E-state index in [-0.39, 0.29) is 17.5 Å². The van der Waals surface area contributed by atoms with Crippen LogP contribution >= 0.6 is 0 Å². The van der Waals surface area contributed by atoms with Gasteiger partial charge in [0.2, 0.25) is 0 Å². The number of halogens is 1. The highest BCUT2D eigenvalue weighted by atomic mass is 19.1. The number of nitrogens with zero attached hydrogens (tertiary/aromatic N) is 2. The standard InChI is InChI=1S/C16H16FN3O3/c1-11(12-6-8-13(17)9-7-12)19(2)16(21)18-14-4-3-5-15(10-14)20(22)23/h3-11H,1-2H3,(H,18,21). The third kappa shape index (κ3) is 4.03. The number of carbonyl (C=O) groups excluding carboxylic acids is 1. The number of urea groups is 1. The van der Waals surface area contributed by atoms with Crippen molar-refractivity contribution < 1.29 is 14.1 Å². The van der Waals surface area contributed by atoms with Gasteiger partial charge in [-0.2, -0.15) is 0 Å². The van der Waals surface area contributed by atoms with Crippen LogP contribution in [0.5, 0.6) is 0 Å². The highest BCUT2D eigenvalue weighted by Gasteiger charge is 2.18. The summed E-state index contributed by atoms with van der Waals surface area (Å²) in [6.07, 6.45) is 0. The Bertz CT molecular complexity index is 719. The molecule has 23 heavy (non-hydrogen) atoms. The molecule has 2 aromatic rings. The first-order chi connectivity index (χ1) is 10.9. The molecule has 0 heterocycles. The third-order valence-corrected chi connectivity index (χ3v) is 3.56. The minimum Gasteiger partial charge on any atom is -0.321 e. The van der Waals surface area contributed by atoms with E-state index in [4.69, 9.17) is 0 Å². The first-order valence-electron chi connectivity index (χ1n) is 6.92. The number of non-ortho nitro benzene ring substituents is 1. The lowest BCUT2D eigenvalue weighted by atomic mass is 10.1. The van der Waals surface area contributed by atoms with Gasteiger partial charge in [0.1, 0.15) is 5.82 Å². The van der Waals surface area contributed by atoms with Gasteiger partial charge in [-0.25, -0.2) is 9.18 Å². The molecule has 6 nitrogen and oxygen atoms in total. The van der Waals surface area contributed by atoms with Crippen molar-refractivity contribution in [2.24, 2.45) is 0 Å². The second kappa shape index (κ2) is 6.87. The largest absolute Gasteiger partial charge is 0.322 e. The fourth-order valence-corrected chi connectivity index (χ4v) is 2.05. The number of anilines is 1. The number of amides is 2. The van der Waals surface area contributed by atoms with E-state index in [2.05, 4.69) is 5.32 Å². The lowest BCUT2D eigenvalue weighted by Gasteiger charge is -2.25. The molecular formula is C16H16FN3O3. The van der Waals surface area contributed by atoms with E-state index in [1.807, 2.05) is 0 Å². The highest BCUT2D eigenvalue weighted by Crippen LogP contribution is 2.21. The Hall–Kier alpha value is -2.96. The van der Waals surface area contributed by atoms with E-state index in [1.54, 1.807) is 32.2 Å². The van der Waals surface area contributed by atoms with Crippen molar-refractivity contribution in [2.75, 3.05) is 12.4 Å². The van der Waals surface area contributed by atoms with Crippen molar-refractivity contribution in [1.29, 1.82) is 0 Å². The molecule has 0 spiro atoms. The van der Waals surface area contributed by atoms with Gasteiger partial charge in [0.25, 0.3) is 5.69 Å². The number of hydrogen-bond acceptors (Lipinski definition) is 3. The van der Waals surface area contributed by atoms with E-state index < -0.39 is 11.0 Å². The summed E-state index contributed by atoms with van der Waals surface area (Å²) < 4.78 is 13.0. The quantitative estimate of drug-likeness (QED) is 0.685. The Morgan fingerprint density at radius 1 is 1.26 bits per heavy atom. The zero-order chi connectivity index (χ0) is 17.0. The zero-order valence-electron chi connectivity index (χ0n) is 12.7. The normalized spacial score (nSPS) is 11.6. The number of nitrogens with one attached hydrogen (secondary N) is 1. The van der Waals surface area contributed by atoms with E-state index in [9.17, 15) is 19.3 Å². The average Bonchev–Trinajstić information content (AvgIpc) is 2.54. The van der Waals surface area contributed by atoms with Gasteiger partial charge in [0, 0.05) is 24.9 Å². The first-order valence-corrected chi connectivity index (χ1v) is 6.92. The van der Waals surface area contributed by atoms with E-state index >= 15 is 0 Å². The van der Waals surface area contributed by atoms with Crippen molar-refractivity contribution in [3.8, 4) is 0 Å². The van der Waals surface area contributed by atoms with Crippen molar-refractivity contribution in [3.63, 3.8) is 0 Å². The SMILES string of the molecule is CC(c1ccc(F)cc1)N(C)C(=O)Nc1cccc([N+](=O)[O-])c1. The van der Waals surface area contributed by atoms with Crippen LogP contribution in [-0.4, -0.2) is 22.9 Å². The average molecular weight is 317 g/mol. The van der Waals surface area contributed by atoms with Gasteiger partial charge in [-0.1, -0.05) is 18.2 Å². The Morgan fingerprint density at radius 2 is 1.91 bits per heavy atom. The molecule has 2 rings (SSSR count). The van der Waals surface area contributed by atoms with Crippen molar-refractivity contribution in [1.82, 2.24) is 4.90 Å². The summed E-state index contributed by atoms with van der Waals surface area (Å²) in [6, 6.07) is 10.9. The van der Waals surface area contributed by atoms with Crippen LogP contribution in [0.4, 0.5) is 20.6 Å². The molecule has 2 aromatic carbocycles. The van der Waals surface area contributed by atoms with E-state index in [0.29, 0.717) is 5.69 Å². The van der Waals surface area contributed by atoms with Crippen LogP contribution in [0.2, 0.25) is 0 Å². The molecule has 7 heteroatoms. The van der Waals surface area contributed by atoms with Gasteiger partial charge in [-0.05, 0) is 30.7 Å². The smallest absolute Gasteiger partial charge is 0.321 e. The third-order valence-electron chi connectivity index (χ3n) is 3.56. The molecule has 120 valence electrons. The molecule has 0 saturated carbocycles. The van der Waals surface area contributed by atoms with Gasteiger partial charge < -0.3 is 10.2 Å². The van der Waals surface area contributed by atoms with Gasteiger partial charge in [-0.15, -0.1) is 0 Å². The highest BCUT2D eigenvalue weighted by molar-refractivity contribution is 5.89. The van der Waals surface area contributed by atoms with E-state index in [1.165, 1.54) is 35.2 Å². The van der Waals surface area contributed by atoms with Gasteiger partial charge in [0.15, 0.2) is 0 Å². The molecule has 1 N–H and O–H groups in total. The van der Waals surface area contributed by atoms with Crippen molar-refractivity contribution in [3.05, 3.63) is 70.0 Å². The van der Waals surface area contributed by atoms with Gasteiger partial charge in [0.05, 0.1) is 11.0 Å². The second-order valence-corrected chi connectivity index (χ2v) is 5.08. The number of carbonyl (C=O) groups is 1. The molecule has 1 atom stereocenters. The molecule has 0 bridgehead atoms. The number of nitro groups is 1. The fourth-order valence-electron chi connectivity index (χ4n) is 2.05. The Kier molecular flexibility index (Phi) is 4.90. The lowest BCUT2D eigenvalue weighted by Crippen LogP contribution is -2.33. The number of rotatable bonds is 4. The van der Waals surface area contributed by atoms with Crippen LogP contribution in [-0.2, 0) is 0 Å². The summed E-state index contributed by atoms with van der Waals surface area (Å²) in [7, 11) is 1.60. The van der Waals surface area contributed by atoms with Crippen LogP contribution in [0.15, 0.2) is 48.5 Å². The Balaban J connectivity index is 2.09. The summed E-state index contributed by atoms with van der Waals surface area (Å²) in [5.41, 5.74) is 1.02. The maximum absolute atomic E-state index is 13.0. The molecule has 0 aromatic heterocycles. The minimum atomic E-state index is -0.527. The first kappa shape index (κ1) is 16.4. The molecule has 1 unspecified atom stereocenters. The summed E-state index contributed by atoms with van der Waals surface area (Å²) in [5, 5.41) is 13.4. The monoisotopic (exact) mass is 317 g/mol. The zero-order valence-corrected chi connectivity index (χ0v) is 12.7. The molecule has 0 fully saturated rings. The maximum Gasteiger partial charge on any atom is 0.322 e. The van der Waals surface area contributed by atoms with E-state index in [0.717, 1.165) is 5.56 Å². The fraction of sp³-hybridized carbons (Fsp3) is 0.188. The molecule has 0 aliphatic rings. The second-order valence-electron chi connectivity index (χ2n) is 5.08. The number of benzene rings is 2. The summed E-state index contributed by atoms with van der Waals surface area (Å²) >= 11 is 0. The Labute approximate surface area is 132 Å². The van der Waals surface area contributed by atoms with Crippen LogP contribution in [0.1, 0.15) is 18.5 Å². The Morgan fingerprint density at radius 3 is 2.52 bits per heavy atom. The topological polar surface area (TPSA) is 75.5 Å². The van der Waals surface area contributed by atoms with Crippen LogP contribution < -0.4 is 5.32 Å². The molecule has 2 amide bonds. The van der Waals surface area contributed by atoms with Gasteiger partial charge in [-0.3, -0.25) is 10.1 Å². The number of nitro benzene ring substituents is 1. The number of hydrogen-bond donors (Lipinski definition) is 1. The predicted molar refractivity (Wildman–Crippen MR) is 84.7 cm³/mol. The predicted octanol–water partition coefficient (Wildman–Crippen LogP) is 3.96. The molecule has 0 saturated heterocycles. The van der Waals surface area contributed by atoms with Crippen LogP contribution in [0, 0.1) is 15.9 Å². The molecule has 0 aliphatic carbocycles. The lowest BCUT2D eigenvalue weighted by molar-refractivity contribution is -0.384. The summed E-state index contributed by atoms with van der Waals surface area (Å²) in [5.74, 6) is -0.343. The molecular weight excluding hydrogens is 301 g/mol. The maximum atomic E-state index is 13.0. The molecule has 0 radical (unpaired) electrons. The van der Waals surface area contributed by atoms with Crippen LogP contribution in [0.3, 0.4) is 0 Å². The van der Waals surface area contributed by atoms with Crippen molar-refractivity contribution >= 4 is 17.4 Å². The molecule has 0 aliphatic heterocycles. The van der Waals surface area contributed by atoms with Crippen LogP contribution in [0.25, 0.3) is 0 Å². The minimum absolute atomic E-state index is 0.1000. The summed E-state index contributed by atoms with van der Waals surface area (Å²) in [4.78, 5) is 23.9. The van der Waals surface area contributed by atoms with Crippen molar-refractivity contribution in [2.45, 2.75) is 13.0 Å². The van der Waals surface area contributed by atoms with Gasteiger partial charge >= 0.3 is 6.03 Å².